The van der Waals surface area contributed by atoms with E-state index in [0.29, 0.717) is 6.54 Å². The SMILES string of the molecule is CN(CC(N)=O)C[C@H]1CN(C[C@H]2CC=CCC2)CCO1. The van der Waals surface area contributed by atoms with Gasteiger partial charge in [0.25, 0.3) is 0 Å². The van der Waals surface area contributed by atoms with Gasteiger partial charge in [0.2, 0.25) is 5.91 Å². The molecule has 1 fully saturated rings. The fraction of sp³-hybridized carbons (Fsp3) is 0.800. The molecule has 114 valence electrons. The molecule has 0 spiro atoms. The number of morpholine rings is 1. The summed E-state index contributed by atoms with van der Waals surface area (Å²) < 4.78 is 5.80. The van der Waals surface area contributed by atoms with Crippen LogP contribution in [0.4, 0.5) is 0 Å². The van der Waals surface area contributed by atoms with Gasteiger partial charge in [-0.2, -0.15) is 0 Å². The lowest BCUT2D eigenvalue weighted by Crippen LogP contribution is -2.49. The molecule has 0 unspecified atom stereocenters. The summed E-state index contributed by atoms with van der Waals surface area (Å²) in [6.45, 7) is 5.01. The molecule has 0 aromatic carbocycles. The summed E-state index contributed by atoms with van der Waals surface area (Å²) in [5.41, 5.74) is 5.21. The molecule has 5 nitrogen and oxygen atoms in total. The highest BCUT2D eigenvalue weighted by atomic mass is 16.5. The highest BCUT2D eigenvalue weighted by Gasteiger charge is 2.24. The maximum Gasteiger partial charge on any atom is 0.231 e. The van der Waals surface area contributed by atoms with Crippen LogP contribution in [0.15, 0.2) is 12.2 Å². The lowest BCUT2D eigenvalue weighted by molar-refractivity contribution is -0.119. The minimum Gasteiger partial charge on any atom is -0.374 e. The van der Waals surface area contributed by atoms with E-state index in [1.54, 1.807) is 0 Å². The Hall–Kier alpha value is -0.910. The van der Waals surface area contributed by atoms with E-state index in [1.165, 1.54) is 25.8 Å². The van der Waals surface area contributed by atoms with Crippen LogP contribution in [0.5, 0.6) is 0 Å². The molecule has 2 atom stereocenters. The van der Waals surface area contributed by atoms with Crippen molar-refractivity contribution < 1.29 is 9.53 Å². The standard InChI is InChI=1S/C15H27N3O2/c1-17(12-15(16)19)10-14-11-18(7-8-20-14)9-13-5-3-2-4-6-13/h2-3,13-14H,4-12H2,1H3,(H2,16,19)/t13-,14-/m0/s1. The Bertz CT molecular complexity index is 346. The number of rotatable bonds is 6. The molecule has 2 N–H and O–H groups in total. The average molecular weight is 281 g/mol. The maximum atomic E-state index is 10.9. The Kier molecular flexibility index (Phi) is 6.01. The number of nitrogens with two attached hydrogens (primary N) is 1. The van der Waals surface area contributed by atoms with Crippen LogP contribution in [0.3, 0.4) is 0 Å². The number of carbonyl (C=O) groups is 1. The van der Waals surface area contributed by atoms with Crippen LogP contribution in [-0.4, -0.2) is 68.2 Å². The van der Waals surface area contributed by atoms with Crippen molar-refractivity contribution in [3.63, 3.8) is 0 Å². The largest absolute Gasteiger partial charge is 0.374 e. The first-order valence-corrected chi connectivity index (χ1v) is 7.59. The molecule has 0 aromatic heterocycles. The molecule has 1 aliphatic carbocycles. The molecule has 20 heavy (non-hydrogen) atoms. The van der Waals surface area contributed by atoms with Crippen LogP contribution in [0.2, 0.25) is 0 Å². The number of carbonyl (C=O) groups excluding carboxylic acids is 1. The number of allylic oxidation sites excluding steroid dienone is 2. The number of amides is 1. The van der Waals surface area contributed by atoms with E-state index in [2.05, 4.69) is 17.1 Å². The zero-order valence-corrected chi connectivity index (χ0v) is 12.5. The molecular weight excluding hydrogens is 254 g/mol. The lowest BCUT2D eigenvalue weighted by atomic mass is 9.94. The van der Waals surface area contributed by atoms with Crippen molar-refractivity contribution >= 4 is 5.91 Å². The third-order valence-electron chi connectivity index (χ3n) is 4.06. The minimum absolute atomic E-state index is 0.187. The van der Waals surface area contributed by atoms with Gasteiger partial charge in [0.1, 0.15) is 0 Å². The van der Waals surface area contributed by atoms with E-state index in [0.717, 1.165) is 32.2 Å². The Morgan fingerprint density at radius 3 is 3.05 bits per heavy atom. The number of hydrogen-bond acceptors (Lipinski definition) is 4. The number of primary amides is 1. The topological polar surface area (TPSA) is 58.8 Å². The van der Waals surface area contributed by atoms with Gasteiger partial charge in [-0.05, 0) is 32.2 Å². The summed E-state index contributed by atoms with van der Waals surface area (Å²) in [4.78, 5) is 15.4. The van der Waals surface area contributed by atoms with Crippen LogP contribution >= 0.6 is 0 Å². The summed E-state index contributed by atoms with van der Waals surface area (Å²) in [6, 6.07) is 0. The predicted octanol–water partition coefficient (Wildman–Crippen LogP) is 0.461. The second-order valence-corrected chi connectivity index (χ2v) is 6.07. The van der Waals surface area contributed by atoms with E-state index in [9.17, 15) is 4.79 Å². The maximum absolute atomic E-state index is 10.9. The molecule has 5 heteroatoms. The summed E-state index contributed by atoms with van der Waals surface area (Å²) in [5.74, 6) is 0.510. The molecule has 1 amide bonds. The second-order valence-electron chi connectivity index (χ2n) is 6.07. The van der Waals surface area contributed by atoms with E-state index in [-0.39, 0.29) is 12.0 Å². The highest BCUT2D eigenvalue weighted by Crippen LogP contribution is 2.20. The highest BCUT2D eigenvalue weighted by molar-refractivity contribution is 5.75. The quantitative estimate of drug-likeness (QED) is 0.719. The van der Waals surface area contributed by atoms with Crippen molar-refractivity contribution in [3.05, 3.63) is 12.2 Å². The summed E-state index contributed by atoms with van der Waals surface area (Å²) >= 11 is 0. The van der Waals surface area contributed by atoms with Gasteiger partial charge in [-0.25, -0.2) is 0 Å². The fourth-order valence-corrected chi connectivity index (χ4v) is 3.12. The predicted molar refractivity (Wildman–Crippen MR) is 79.4 cm³/mol. The molecule has 2 aliphatic rings. The Morgan fingerprint density at radius 2 is 2.35 bits per heavy atom. The summed E-state index contributed by atoms with van der Waals surface area (Å²) in [5, 5.41) is 0. The van der Waals surface area contributed by atoms with Crippen molar-refractivity contribution in [2.24, 2.45) is 11.7 Å². The van der Waals surface area contributed by atoms with Gasteiger partial charge in [-0.3, -0.25) is 14.6 Å². The van der Waals surface area contributed by atoms with Crippen molar-refractivity contribution in [1.29, 1.82) is 0 Å². The van der Waals surface area contributed by atoms with Gasteiger partial charge >= 0.3 is 0 Å². The van der Waals surface area contributed by atoms with Crippen molar-refractivity contribution in [2.45, 2.75) is 25.4 Å². The van der Waals surface area contributed by atoms with Gasteiger partial charge in [0.05, 0.1) is 19.3 Å². The third kappa shape index (κ3) is 5.23. The second kappa shape index (κ2) is 7.76. The smallest absolute Gasteiger partial charge is 0.231 e. The normalized spacial score (nSPS) is 27.9. The van der Waals surface area contributed by atoms with Crippen LogP contribution < -0.4 is 5.73 Å². The molecule has 0 aromatic rings. The van der Waals surface area contributed by atoms with E-state index < -0.39 is 0 Å². The van der Waals surface area contributed by atoms with Gasteiger partial charge < -0.3 is 10.5 Å². The van der Waals surface area contributed by atoms with E-state index >= 15 is 0 Å². The van der Waals surface area contributed by atoms with Crippen LogP contribution in [-0.2, 0) is 9.53 Å². The van der Waals surface area contributed by atoms with Crippen LogP contribution in [0.1, 0.15) is 19.3 Å². The minimum atomic E-state index is -0.283. The summed E-state index contributed by atoms with van der Waals surface area (Å²) in [6.07, 6.45) is 8.53. The first-order chi connectivity index (χ1) is 9.63. The van der Waals surface area contributed by atoms with E-state index in [4.69, 9.17) is 10.5 Å². The third-order valence-corrected chi connectivity index (χ3v) is 4.06. The van der Waals surface area contributed by atoms with E-state index in [1.807, 2.05) is 11.9 Å². The van der Waals surface area contributed by atoms with Crippen molar-refractivity contribution in [3.8, 4) is 0 Å². The van der Waals surface area contributed by atoms with Crippen LogP contribution in [0.25, 0.3) is 0 Å². The Balaban J connectivity index is 1.73. The van der Waals surface area contributed by atoms with Crippen molar-refractivity contribution in [2.75, 3.05) is 46.4 Å². The average Bonchev–Trinajstić information content (AvgIpc) is 2.39. The summed E-state index contributed by atoms with van der Waals surface area (Å²) in [7, 11) is 1.92. The number of ether oxygens (including phenoxy) is 1. The molecule has 0 radical (unpaired) electrons. The van der Waals surface area contributed by atoms with Gasteiger partial charge in [0, 0.05) is 26.2 Å². The zero-order chi connectivity index (χ0) is 14.4. The molecule has 1 heterocycles. The monoisotopic (exact) mass is 281 g/mol. The fourth-order valence-electron chi connectivity index (χ4n) is 3.12. The molecule has 1 aliphatic heterocycles. The number of nitrogens with zero attached hydrogens (tertiary/aromatic N) is 2. The first kappa shape index (κ1) is 15.5. The van der Waals surface area contributed by atoms with Gasteiger partial charge in [0.15, 0.2) is 0 Å². The number of hydrogen-bond donors (Lipinski definition) is 1. The lowest BCUT2D eigenvalue weighted by Gasteiger charge is -2.36. The first-order valence-electron chi connectivity index (χ1n) is 7.59. The zero-order valence-electron chi connectivity index (χ0n) is 12.5. The number of likely N-dealkylation sites (N-methyl/N-ethyl adjacent to an activating group) is 1. The van der Waals surface area contributed by atoms with Gasteiger partial charge in [-0.15, -0.1) is 0 Å². The molecule has 2 rings (SSSR count). The Morgan fingerprint density at radius 1 is 1.50 bits per heavy atom. The van der Waals surface area contributed by atoms with Crippen molar-refractivity contribution in [1.82, 2.24) is 9.80 Å². The molecular formula is C15H27N3O2. The molecule has 0 bridgehead atoms. The molecule has 0 saturated carbocycles. The molecule has 1 saturated heterocycles. The van der Waals surface area contributed by atoms with Gasteiger partial charge in [-0.1, -0.05) is 12.2 Å². The van der Waals surface area contributed by atoms with Crippen LogP contribution in [0, 0.1) is 5.92 Å². The Labute approximate surface area is 121 Å².